The number of oxime groups is 1. The first-order valence-corrected chi connectivity index (χ1v) is 15.1. The molecule has 6 rings (SSSR count). The zero-order valence-electron chi connectivity index (χ0n) is 24.3. The molecule has 1 amide bonds. The normalized spacial score (nSPS) is 23.4. The van der Waals surface area contributed by atoms with E-state index in [1.165, 1.54) is 16.7 Å². The number of aryl methyl sites for hydroxylation is 1. The SMILES string of the molecule is CCc1cnc(N2CCC(COc3ccc(C4=CCC(C(=O)N5CC(=NOC)C6(CNC6)C5)CC4)cc3)CC2)nc1. The number of rotatable bonds is 8. The number of allylic oxidation sites excluding steroid dienone is 2. The van der Waals surface area contributed by atoms with Crippen molar-refractivity contribution in [2.45, 2.75) is 45.4 Å². The summed E-state index contributed by atoms with van der Waals surface area (Å²) in [5, 5.41) is 7.58. The minimum absolute atomic E-state index is 0.0293. The van der Waals surface area contributed by atoms with E-state index in [4.69, 9.17) is 9.57 Å². The Hall–Kier alpha value is -3.46. The van der Waals surface area contributed by atoms with E-state index in [-0.39, 0.29) is 17.2 Å². The van der Waals surface area contributed by atoms with Gasteiger partial charge in [-0.3, -0.25) is 4.79 Å². The summed E-state index contributed by atoms with van der Waals surface area (Å²) < 4.78 is 6.18. The summed E-state index contributed by atoms with van der Waals surface area (Å²) in [5.41, 5.74) is 4.69. The van der Waals surface area contributed by atoms with Gasteiger partial charge in [0.25, 0.3) is 0 Å². The fourth-order valence-electron chi connectivity index (χ4n) is 6.55. The highest BCUT2D eigenvalue weighted by Gasteiger charge is 2.50. The fourth-order valence-corrected chi connectivity index (χ4v) is 6.55. The Morgan fingerprint density at radius 3 is 2.49 bits per heavy atom. The second-order valence-corrected chi connectivity index (χ2v) is 12.0. The predicted molar refractivity (Wildman–Crippen MR) is 160 cm³/mol. The van der Waals surface area contributed by atoms with Crippen molar-refractivity contribution >= 4 is 23.1 Å². The van der Waals surface area contributed by atoms with Crippen LogP contribution in [-0.2, 0) is 16.1 Å². The molecule has 1 aromatic heterocycles. The largest absolute Gasteiger partial charge is 0.493 e. The van der Waals surface area contributed by atoms with Gasteiger partial charge in [0.1, 0.15) is 12.9 Å². The zero-order valence-corrected chi connectivity index (χ0v) is 24.3. The van der Waals surface area contributed by atoms with Crippen LogP contribution in [0.1, 0.15) is 50.2 Å². The minimum Gasteiger partial charge on any atom is -0.493 e. The van der Waals surface area contributed by atoms with Crippen molar-refractivity contribution in [2.24, 2.45) is 22.4 Å². The number of likely N-dealkylation sites (tertiary alicyclic amines) is 1. The molecule has 4 heterocycles. The van der Waals surface area contributed by atoms with Crippen LogP contribution in [-0.4, -0.2) is 79.5 Å². The van der Waals surface area contributed by atoms with Crippen molar-refractivity contribution in [3.63, 3.8) is 0 Å². The van der Waals surface area contributed by atoms with E-state index in [9.17, 15) is 4.79 Å². The lowest BCUT2D eigenvalue weighted by Crippen LogP contribution is -2.58. The average molecular weight is 559 g/mol. The fraction of sp³-hybridized carbons (Fsp3) is 0.562. The van der Waals surface area contributed by atoms with Gasteiger partial charge in [-0.2, -0.15) is 0 Å². The Morgan fingerprint density at radius 2 is 1.88 bits per heavy atom. The number of amides is 1. The van der Waals surface area contributed by atoms with Crippen LogP contribution in [0, 0.1) is 17.3 Å². The van der Waals surface area contributed by atoms with Crippen LogP contribution in [0.25, 0.3) is 5.57 Å². The molecule has 9 heteroatoms. The van der Waals surface area contributed by atoms with Crippen molar-refractivity contribution in [1.82, 2.24) is 20.2 Å². The van der Waals surface area contributed by atoms with Gasteiger partial charge in [0.2, 0.25) is 11.9 Å². The molecule has 0 bridgehead atoms. The molecule has 218 valence electrons. The highest BCUT2D eigenvalue weighted by Crippen LogP contribution is 2.36. The molecule has 1 spiro atoms. The lowest BCUT2D eigenvalue weighted by atomic mass is 9.79. The number of benzene rings is 1. The number of nitrogens with zero attached hydrogens (tertiary/aromatic N) is 5. The molecule has 0 saturated carbocycles. The van der Waals surface area contributed by atoms with Crippen molar-refractivity contribution in [3.8, 4) is 5.75 Å². The lowest BCUT2D eigenvalue weighted by Gasteiger charge is -2.39. The van der Waals surface area contributed by atoms with Crippen LogP contribution >= 0.6 is 0 Å². The summed E-state index contributed by atoms with van der Waals surface area (Å²) in [7, 11) is 1.58. The van der Waals surface area contributed by atoms with Gasteiger partial charge in [-0.1, -0.05) is 30.3 Å². The third-order valence-corrected chi connectivity index (χ3v) is 9.35. The summed E-state index contributed by atoms with van der Waals surface area (Å²) in [5.74, 6) is 2.60. The first-order valence-electron chi connectivity index (χ1n) is 15.1. The Balaban J connectivity index is 0.960. The Bertz CT molecular complexity index is 1260. The van der Waals surface area contributed by atoms with Crippen molar-refractivity contribution < 1.29 is 14.4 Å². The van der Waals surface area contributed by atoms with E-state index in [1.807, 2.05) is 17.3 Å². The number of piperidine rings is 1. The van der Waals surface area contributed by atoms with Crippen molar-refractivity contribution in [2.75, 3.05) is 57.9 Å². The summed E-state index contributed by atoms with van der Waals surface area (Å²) in [6.07, 6.45) is 11.9. The van der Waals surface area contributed by atoms with Gasteiger partial charge >= 0.3 is 0 Å². The second kappa shape index (κ2) is 12.2. The zero-order chi connectivity index (χ0) is 28.2. The third-order valence-electron chi connectivity index (χ3n) is 9.35. The summed E-state index contributed by atoms with van der Waals surface area (Å²) in [6.45, 7) is 7.86. The van der Waals surface area contributed by atoms with Gasteiger partial charge < -0.3 is 24.7 Å². The summed E-state index contributed by atoms with van der Waals surface area (Å²) in [6, 6.07) is 8.48. The standard InChI is InChI=1S/C32H42N6O3/c1-3-23-16-34-31(35-17-23)37-14-12-24(13-15-37)19-41-28-10-8-26(9-11-28)25-4-6-27(7-5-25)30(39)38-18-29(36-40-2)32(22-38)20-33-21-32/h4,8-11,16-17,24,27,33H,3,5-7,12-15,18-22H2,1-2H3. The molecule has 3 aliphatic heterocycles. The summed E-state index contributed by atoms with van der Waals surface area (Å²) in [4.78, 5) is 31.8. The number of carbonyl (C=O) groups is 1. The van der Waals surface area contributed by atoms with E-state index in [2.05, 4.69) is 62.6 Å². The van der Waals surface area contributed by atoms with Gasteiger partial charge in [-0.15, -0.1) is 0 Å². The van der Waals surface area contributed by atoms with E-state index in [0.29, 0.717) is 12.5 Å². The van der Waals surface area contributed by atoms with Gasteiger partial charge in [0.05, 0.1) is 24.3 Å². The molecular formula is C32H42N6O3. The number of carbonyl (C=O) groups excluding carboxylic acids is 1. The first kappa shape index (κ1) is 27.7. The van der Waals surface area contributed by atoms with Crippen molar-refractivity contribution in [3.05, 3.63) is 53.9 Å². The van der Waals surface area contributed by atoms with Crippen LogP contribution in [0.15, 0.2) is 47.9 Å². The number of anilines is 1. The van der Waals surface area contributed by atoms with Gasteiger partial charge in [-0.05, 0) is 73.3 Å². The first-order chi connectivity index (χ1) is 20.1. The molecule has 2 aromatic rings. The highest BCUT2D eigenvalue weighted by atomic mass is 16.6. The van der Waals surface area contributed by atoms with Crippen LogP contribution in [0.5, 0.6) is 5.75 Å². The maximum Gasteiger partial charge on any atom is 0.226 e. The molecule has 3 fully saturated rings. The molecule has 1 aromatic carbocycles. The molecule has 41 heavy (non-hydrogen) atoms. The molecule has 1 atom stereocenters. The second-order valence-electron chi connectivity index (χ2n) is 12.0. The summed E-state index contributed by atoms with van der Waals surface area (Å²) >= 11 is 0. The van der Waals surface area contributed by atoms with E-state index in [0.717, 1.165) is 95.3 Å². The topological polar surface area (TPSA) is 92.2 Å². The molecule has 4 aliphatic rings. The van der Waals surface area contributed by atoms with Crippen LogP contribution < -0.4 is 15.0 Å². The number of hydrogen-bond donors (Lipinski definition) is 1. The maximum atomic E-state index is 13.3. The van der Waals surface area contributed by atoms with Crippen LogP contribution in [0.3, 0.4) is 0 Å². The Morgan fingerprint density at radius 1 is 1.12 bits per heavy atom. The minimum atomic E-state index is -0.0293. The smallest absolute Gasteiger partial charge is 0.226 e. The highest BCUT2D eigenvalue weighted by molar-refractivity contribution is 5.99. The number of aromatic nitrogens is 2. The molecule has 0 radical (unpaired) electrons. The van der Waals surface area contributed by atoms with Gasteiger partial charge in [0.15, 0.2) is 0 Å². The number of ether oxygens (including phenoxy) is 1. The van der Waals surface area contributed by atoms with E-state index >= 15 is 0 Å². The Kier molecular flexibility index (Phi) is 8.23. The molecule has 1 N–H and O–H groups in total. The lowest BCUT2D eigenvalue weighted by molar-refractivity contribution is -0.135. The molecule has 3 saturated heterocycles. The molecular weight excluding hydrogens is 516 g/mol. The van der Waals surface area contributed by atoms with Gasteiger partial charge in [0, 0.05) is 51.0 Å². The quantitative estimate of drug-likeness (QED) is 0.491. The maximum absolute atomic E-state index is 13.3. The Labute approximate surface area is 243 Å². The molecule has 9 nitrogen and oxygen atoms in total. The van der Waals surface area contributed by atoms with Crippen LogP contribution in [0.4, 0.5) is 5.95 Å². The van der Waals surface area contributed by atoms with E-state index in [1.54, 1.807) is 7.11 Å². The monoisotopic (exact) mass is 558 g/mol. The number of hydrogen-bond acceptors (Lipinski definition) is 8. The van der Waals surface area contributed by atoms with E-state index < -0.39 is 0 Å². The molecule has 1 unspecified atom stereocenters. The average Bonchev–Trinajstić information content (AvgIpc) is 3.41. The number of nitrogens with one attached hydrogen (secondary N) is 1. The van der Waals surface area contributed by atoms with Crippen molar-refractivity contribution in [1.29, 1.82) is 0 Å². The third kappa shape index (κ3) is 5.96. The predicted octanol–water partition coefficient (Wildman–Crippen LogP) is 3.95. The molecule has 1 aliphatic carbocycles. The van der Waals surface area contributed by atoms with Crippen LogP contribution in [0.2, 0.25) is 0 Å². The van der Waals surface area contributed by atoms with Gasteiger partial charge in [-0.25, -0.2) is 9.97 Å².